The Bertz CT molecular complexity index is 1180. The highest BCUT2D eigenvalue weighted by Crippen LogP contribution is 2.33. The summed E-state index contributed by atoms with van der Waals surface area (Å²) in [6.07, 6.45) is 0.678. The number of nitrogens with one attached hydrogen (secondary N) is 3. The van der Waals surface area contributed by atoms with E-state index in [1.807, 2.05) is 37.9 Å². The van der Waals surface area contributed by atoms with Crippen LogP contribution < -0.4 is 20.9 Å². The van der Waals surface area contributed by atoms with Crippen LogP contribution in [-0.2, 0) is 11.3 Å². The number of aryl methyl sites for hydroxylation is 1. The molecule has 3 aromatic rings. The van der Waals surface area contributed by atoms with Crippen molar-refractivity contribution in [2.75, 3.05) is 27.9 Å². The summed E-state index contributed by atoms with van der Waals surface area (Å²) in [4.78, 5) is 35.5. The molecule has 0 spiro atoms. The van der Waals surface area contributed by atoms with Crippen molar-refractivity contribution in [3.8, 4) is 0 Å². The summed E-state index contributed by atoms with van der Waals surface area (Å²) in [5.74, 6) is 0.420. The van der Waals surface area contributed by atoms with Crippen LogP contribution in [0.15, 0.2) is 48.5 Å². The lowest BCUT2D eigenvalue weighted by atomic mass is 10.1. The Morgan fingerprint density at radius 3 is 2.48 bits per heavy atom. The van der Waals surface area contributed by atoms with Gasteiger partial charge in [-0.25, -0.2) is 9.37 Å². The first kappa shape index (κ1) is 22.2. The van der Waals surface area contributed by atoms with Gasteiger partial charge in [-0.15, -0.1) is 0 Å². The average molecular weight is 449 g/mol. The minimum atomic E-state index is -0.386. The van der Waals surface area contributed by atoms with Gasteiger partial charge in [-0.1, -0.05) is 19.1 Å². The number of likely N-dealkylation sites (N-methyl/N-ethyl adjacent to an activating group) is 1. The molecule has 0 fully saturated rings. The van der Waals surface area contributed by atoms with Crippen LogP contribution in [0.1, 0.15) is 35.0 Å². The van der Waals surface area contributed by atoms with Gasteiger partial charge < -0.3 is 20.9 Å². The molecule has 0 bridgehead atoms. The molecule has 2 heterocycles. The second kappa shape index (κ2) is 9.23. The number of anilines is 4. The largest absolute Gasteiger partial charge is 0.350 e. The highest BCUT2D eigenvalue weighted by molar-refractivity contribution is 6.04. The molecule has 1 aromatic heterocycles. The topological polar surface area (TPSA) is 99.2 Å². The Labute approximate surface area is 191 Å². The van der Waals surface area contributed by atoms with Gasteiger partial charge in [-0.2, -0.15) is 4.98 Å². The number of aromatic nitrogens is 2. The molecule has 0 saturated heterocycles. The summed E-state index contributed by atoms with van der Waals surface area (Å²) in [6.45, 7) is 4.28. The zero-order valence-electron chi connectivity index (χ0n) is 18.6. The minimum absolute atomic E-state index is 0.0495. The van der Waals surface area contributed by atoms with E-state index in [9.17, 15) is 14.0 Å². The molecule has 3 N–H and O–H groups in total. The fourth-order valence-corrected chi connectivity index (χ4v) is 3.72. The Hall–Kier alpha value is -4.01. The third-order valence-electron chi connectivity index (χ3n) is 5.58. The molecule has 2 aromatic carbocycles. The van der Waals surface area contributed by atoms with Gasteiger partial charge in [0.05, 0.1) is 5.69 Å². The van der Waals surface area contributed by atoms with Gasteiger partial charge in [-0.3, -0.25) is 9.59 Å². The zero-order valence-corrected chi connectivity index (χ0v) is 18.6. The zero-order chi connectivity index (χ0) is 23.5. The molecule has 8 nitrogen and oxygen atoms in total. The highest BCUT2D eigenvalue weighted by atomic mass is 19.1. The van der Waals surface area contributed by atoms with Crippen molar-refractivity contribution < 1.29 is 14.0 Å². The second-order valence-corrected chi connectivity index (χ2v) is 7.87. The monoisotopic (exact) mass is 448 g/mol. The van der Waals surface area contributed by atoms with E-state index in [1.54, 1.807) is 12.1 Å². The Morgan fingerprint density at radius 1 is 1.12 bits per heavy atom. The van der Waals surface area contributed by atoms with Crippen LogP contribution in [0, 0.1) is 12.7 Å². The van der Waals surface area contributed by atoms with Crippen LogP contribution in [-0.4, -0.2) is 34.9 Å². The van der Waals surface area contributed by atoms with Crippen LogP contribution in [0.25, 0.3) is 0 Å². The van der Waals surface area contributed by atoms with Gasteiger partial charge >= 0.3 is 0 Å². The maximum Gasteiger partial charge on any atom is 0.255 e. The maximum atomic E-state index is 13.0. The van der Waals surface area contributed by atoms with Gasteiger partial charge in [0.25, 0.3) is 5.91 Å². The van der Waals surface area contributed by atoms with E-state index in [0.717, 1.165) is 5.56 Å². The number of carbonyl (C=O) groups excluding carboxylic acids is 2. The maximum absolute atomic E-state index is 13.0. The molecular formula is C24H25FN6O2. The molecule has 9 heteroatoms. The highest BCUT2D eigenvalue weighted by Gasteiger charge is 2.32. The van der Waals surface area contributed by atoms with Crippen LogP contribution in [0.2, 0.25) is 0 Å². The number of hydrogen-bond donors (Lipinski definition) is 3. The van der Waals surface area contributed by atoms with Crippen molar-refractivity contribution in [1.82, 2.24) is 9.97 Å². The van der Waals surface area contributed by atoms with Crippen molar-refractivity contribution >= 4 is 35.0 Å². The van der Waals surface area contributed by atoms with E-state index in [4.69, 9.17) is 0 Å². The van der Waals surface area contributed by atoms with E-state index < -0.39 is 0 Å². The Balaban J connectivity index is 1.41. The van der Waals surface area contributed by atoms with E-state index in [-0.39, 0.29) is 23.7 Å². The minimum Gasteiger partial charge on any atom is -0.350 e. The number of halogens is 1. The van der Waals surface area contributed by atoms with Crippen LogP contribution in [0.5, 0.6) is 0 Å². The first-order valence-electron chi connectivity index (χ1n) is 10.7. The summed E-state index contributed by atoms with van der Waals surface area (Å²) in [5, 5.41) is 8.93. The number of carbonyl (C=O) groups is 2. The molecule has 1 aliphatic rings. The summed E-state index contributed by atoms with van der Waals surface area (Å²) in [5.41, 5.74) is 3.32. The third-order valence-corrected chi connectivity index (χ3v) is 5.58. The lowest BCUT2D eigenvalue weighted by Gasteiger charge is -2.34. The number of benzene rings is 2. The molecule has 1 aliphatic heterocycles. The van der Waals surface area contributed by atoms with E-state index >= 15 is 0 Å². The van der Waals surface area contributed by atoms with Crippen molar-refractivity contribution in [3.63, 3.8) is 0 Å². The summed E-state index contributed by atoms with van der Waals surface area (Å²) in [7, 11) is 1.86. The summed E-state index contributed by atoms with van der Waals surface area (Å²) >= 11 is 0. The van der Waals surface area contributed by atoms with Crippen LogP contribution >= 0.6 is 0 Å². The molecule has 0 unspecified atom stereocenters. The fourth-order valence-electron chi connectivity index (χ4n) is 3.72. The normalized spacial score (nSPS) is 15.0. The van der Waals surface area contributed by atoms with Gasteiger partial charge in [0.15, 0.2) is 5.82 Å². The molecule has 2 amide bonds. The molecule has 170 valence electrons. The van der Waals surface area contributed by atoms with Crippen molar-refractivity contribution in [2.45, 2.75) is 32.9 Å². The fraction of sp³-hybridized carbons (Fsp3) is 0.250. The summed E-state index contributed by atoms with van der Waals surface area (Å²) < 4.78 is 13.0. The Kier molecular flexibility index (Phi) is 6.21. The summed E-state index contributed by atoms with van der Waals surface area (Å²) in [6, 6.07) is 12.5. The standard InChI is InChI=1S/C24H25FN6O2/c1-4-19-23(33)29-20-14(2)27-24(30-21(20)31(19)3)26-13-15-5-11-18(12-6-15)28-22(32)16-7-9-17(25)10-8-16/h5-12,19H,4,13H2,1-3H3,(H,28,32)(H,29,33)(H,26,27,30)/t19-/m1/s1. The quantitative estimate of drug-likeness (QED) is 0.528. The van der Waals surface area contributed by atoms with Crippen LogP contribution in [0.4, 0.5) is 27.5 Å². The average Bonchev–Trinajstić information content (AvgIpc) is 2.80. The third kappa shape index (κ3) is 4.77. The number of rotatable bonds is 6. The molecule has 1 atom stereocenters. The van der Waals surface area contributed by atoms with Gasteiger partial charge in [0.1, 0.15) is 17.5 Å². The number of hydrogen-bond acceptors (Lipinski definition) is 6. The molecule has 4 rings (SSSR count). The molecule has 0 aliphatic carbocycles. The second-order valence-electron chi connectivity index (χ2n) is 7.87. The molecule has 0 saturated carbocycles. The van der Waals surface area contributed by atoms with Crippen LogP contribution in [0.3, 0.4) is 0 Å². The molecule has 33 heavy (non-hydrogen) atoms. The number of amides is 2. The molecule has 0 radical (unpaired) electrons. The van der Waals surface area contributed by atoms with E-state index in [1.165, 1.54) is 24.3 Å². The van der Waals surface area contributed by atoms with Crippen molar-refractivity contribution in [3.05, 3.63) is 71.2 Å². The lowest BCUT2D eigenvalue weighted by Crippen LogP contribution is -2.46. The van der Waals surface area contributed by atoms with Gasteiger partial charge in [0, 0.05) is 24.8 Å². The predicted molar refractivity (Wildman–Crippen MR) is 126 cm³/mol. The smallest absolute Gasteiger partial charge is 0.255 e. The predicted octanol–water partition coefficient (Wildman–Crippen LogP) is 3.96. The SMILES string of the molecule is CC[C@@H]1C(=O)Nc2c(C)nc(NCc3ccc(NC(=O)c4ccc(F)cc4)cc3)nc2N1C. The van der Waals surface area contributed by atoms with Crippen molar-refractivity contribution in [2.24, 2.45) is 0 Å². The van der Waals surface area contributed by atoms with Crippen molar-refractivity contribution in [1.29, 1.82) is 0 Å². The van der Waals surface area contributed by atoms with E-state index in [2.05, 4.69) is 25.9 Å². The molecular weight excluding hydrogens is 423 g/mol. The lowest BCUT2D eigenvalue weighted by molar-refractivity contribution is -0.117. The number of nitrogens with zero attached hydrogens (tertiary/aromatic N) is 3. The first-order valence-corrected chi connectivity index (χ1v) is 10.7. The first-order chi connectivity index (χ1) is 15.9. The van der Waals surface area contributed by atoms with Gasteiger partial charge in [0.2, 0.25) is 11.9 Å². The van der Waals surface area contributed by atoms with Gasteiger partial charge in [-0.05, 0) is 55.3 Å². The Morgan fingerprint density at radius 2 is 1.82 bits per heavy atom. The van der Waals surface area contributed by atoms with E-state index in [0.29, 0.717) is 47.4 Å². The number of fused-ring (bicyclic) bond motifs is 1.